The van der Waals surface area contributed by atoms with Crippen molar-refractivity contribution in [1.82, 2.24) is 20.2 Å². The number of hydrogen-bond donors (Lipinski definition) is 2. The number of hydrogen-bond acceptors (Lipinski definition) is 5. The van der Waals surface area contributed by atoms with Crippen molar-refractivity contribution in [2.45, 2.75) is 26.4 Å². The van der Waals surface area contributed by atoms with E-state index in [1.807, 2.05) is 19.1 Å². The third-order valence-electron chi connectivity index (χ3n) is 5.57. The van der Waals surface area contributed by atoms with Crippen LogP contribution in [0, 0.1) is 0 Å². The molecule has 8 nitrogen and oxygen atoms in total. The number of fused-ring (bicyclic) bond motifs is 2. The summed E-state index contributed by atoms with van der Waals surface area (Å²) >= 11 is 0. The number of H-pyrrole nitrogens is 1. The Labute approximate surface area is 242 Å². The Bertz CT molecular complexity index is 1180. The molecular weight excluding hydrogens is 455 g/mol. The molecule has 1 aromatic heterocycles. The third kappa shape index (κ3) is 6.35. The summed E-state index contributed by atoms with van der Waals surface area (Å²) in [4.78, 5) is 21.9. The number of nitrogens with one attached hydrogen (secondary N) is 2. The number of aromatic nitrogens is 2. The van der Waals surface area contributed by atoms with E-state index in [9.17, 15) is 4.79 Å². The normalized spacial score (nSPS) is 15.8. The molecule has 0 atom stereocenters. The smallest absolute Gasteiger partial charge is 0.604 e. The molecule has 172 valence electrons. The Morgan fingerprint density at radius 1 is 1.26 bits per heavy atom. The van der Waals surface area contributed by atoms with Crippen molar-refractivity contribution in [2.75, 3.05) is 27.7 Å². The van der Waals surface area contributed by atoms with Crippen LogP contribution < -0.4 is 56.7 Å². The van der Waals surface area contributed by atoms with E-state index in [1.54, 1.807) is 27.2 Å². The molecule has 0 fully saturated rings. The van der Waals surface area contributed by atoms with Crippen LogP contribution in [0.5, 0.6) is 0 Å². The minimum Gasteiger partial charge on any atom is -0.604 e. The molecule has 0 saturated heterocycles. The molecule has 4 rings (SSSR count). The van der Waals surface area contributed by atoms with Crippen LogP contribution in [-0.2, 0) is 22.6 Å². The maximum atomic E-state index is 12.3. The average molecular weight is 485 g/mol. The molecule has 1 aromatic carbocycles. The van der Waals surface area contributed by atoms with E-state index in [2.05, 4.69) is 45.1 Å². The van der Waals surface area contributed by atoms with Gasteiger partial charge >= 0.3 is 51.4 Å². The van der Waals surface area contributed by atoms with Crippen LogP contribution in [-0.4, -0.2) is 54.2 Å². The quantitative estimate of drug-likeness (QED) is 0.263. The predicted molar refractivity (Wildman–Crippen MR) is 132 cm³/mol. The fraction of sp³-hybridized carbons (Fsp3) is 0.320. The number of ether oxygens (including phenoxy) is 1. The molecule has 2 heterocycles. The second kappa shape index (κ2) is 12.1. The second-order valence-corrected chi connectivity index (χ2v) is 8.31. The molecule has 0 spiro atoms. The first-order valence-corrected chi connectivity index (χ1v) is 10.9. The molecule has 9 heteroatoms. The Hall–Kier alpha value is -2.01. The van der Waals surface area contributed by atoms with Crippen LogP contribution in [0.25, 0.3) is 22.5 Å². The summed E-state index contributed by atoms with van der Waals surface area (Å²) in [5.74, 6) is 0.929. The number of carbonyl (C=O) groups excluding carboxylic acids is 1. The molecule has 34 heavy (non-hydrogen) atoms. The second-order valence-electron chi connectivity index (χ2n) is 8.31. The number of amides is 1. The van der Waals surface area contributed by atoms with Crippen LogP contribution >= 0.6 is 0 Å². The summed E-state index contributed by atoms with van der Waals surface area (Å²) in [6.07, 6.45) is 10.7. The summed E-state index contributed by atoms with van der Waals surface area (Å²) in [6, 6.07) is 4.24. The van der Waals surface area contributed by atoms with Crippen LogP contribution in [0.1, 0.15) is 30.3 Å². The summed E-state index contributed by atoms with van der Waals surface area (Å²) in [7, 11) is 5.02. The molecule has 0 bridgehead atoms. The van der Waals surface area contributed by atoms with Crippen molar-refractivity contribution in [3.8, 4) is 0 Å². The van der Waals surface area contributed by atoms with Crippen molar-refractivity contribution in [3.63, 3.8) is 0 Å². The molecule has 0 saturated carbocycles. The first-order chi connectivity index (χ1) is 15.9. The number of rotatable bonds is 7. The average Bonchev–Trinajstić information content (AvgIpc) is 3.34. The number of aromatic amines is 1. The standard InChI is InChI=1S/C25H29N6O2.K/c1-16-6-5-7-17(9-8-16)25(30-26-2)22(33-15-24(32)31(3)4)12-23-28-20-10-18-13-27-14-19(18)11-21(20)29-23;/h5-6,8-12,27H,7,13-15H2,1-4H3,(H-,26,28,29,30);/q-1;+1. The van der Waals surface area contributed by atoms with Crippen LogP contribution in [0.4, 0.5) is 0 Å². The third-order valence-corrected chi connectivity index (χ3v) is 5.57. The molecule has 1 aliphatic heterocycles. The van der Waals surface area contributed by atoms with Gasteiger partial charge in [-0.1, -0.05) is 29.9 Å². The van der Waals surface area contributed by atoms with Crippen molar-refractivity contribution in [3.05, 3.63) is 75.7 Å². The molecular formula is C25H29KN6O2. The van der Waals surface area contributed by atoms with Gasteiger partial charge in [-0.2, -0.15) is 0 Å². The van der Waals surface area contributed by atoms with Crippen molar-refractivity contribution >= 4 is 28.7 Å². The van der Waals surface area contributed by atoms with Gasteiger partial charge in [0.15, 0.2) is 6.61 Å². The Balaban J connectivity index is 0.00000324. The van der Waals surface area contributed by atoms with E-state index >= 15 is 0 Å². The van der Waals surface area contributed by atoms with Gasteiger partial charge in [-0.15, -0.1) is 7.05 Å². The number of carbonyl (C=O) groups is 1. The molecule has 0 unspecified atom stereocenters. The zero-order chi connectivity index (χ0) is 23.4. The zero-order valence-corrected chi connectivity index (χ0v) is 23.6. The van der Waals surface area contributed by atoms with Gasteiger partial charge in [0, 0.05) is 33.3 Å². The van der Waals surface area contributed by atoms with E-state index in [0.29, 0.717) is 23.7 Å². The fourth-order valence-corrected chi connectivity index (χ4v) is 3.74. The minimum absolute atomic E-state index is 0. The maximum Gasteiger partial charge on any atom is 1.00 e. The first-order valence-electron chi connectivity index (χ1n) is 10.9. The molecule has 2 aliphatic rings. The zero-order valence-electron chi connectivity index (χ0n) is 20.5. The molecule has 2 N–H and O–H groups in total. The summed E-state index contributed by atoms with van der Waals surface area (Å²) in [5, 5.41) is 7.74. The van der Waals surface area contributed by atoms with Gasteiger partial charge in [0.1, 0.15) is 11.6 Å². The topological polar surface area (TPSA) is 96.7 Å². The Kier molecular flexibility index (Phi) is 9.46. The van der Waals surface area contributed by atoms with Gasteiger partial charge in [-0.25, -0.2) is 4.98 Å². The molecule has 1 aliphatic carbocycles. The largest absolute Gasteiger partial charge is 1.00 e. The molecule has 0 radical (unpaired) electrons. The van der Waals surface area contributed by atoms with Crippen molar-refractivity contribution in [2.24, 2.45) is 5.10 Å². The van der Waals surface area contributed by atoms with Crippen LogP contribution in [0.3, 0.4) is 0 Å². The van der Waals surface area contributed by atoms with Gasteiger partial charge in [0.25, 0.3) is 5.91 Å². The van der Waals surface area contributed by atoms with E-state index in [4.69, 9.17) is 9.72 Å². The van der Waals surface area contributed by atoms with Crippen LogP contribution in [0.2, 0.25) is 0 Å². The Morgan fingerprint density at radius 2 is 2.03 bits per heavy atom. The number of nitrogens with zero attached hydrogens (tertiary/aromatic N) is 4. The summed E-state index contributed by atoms with van der Waals surface area (Å²) in [6.45, 7) is 3.65. The van der Waals surface area contributed by atoms with Crippen molar-refractivity contribution in [1.29, 1.82) is 0 Å². The number of benzene rings is 1. The SMILES string of the molecule is C[N-]/N=C(C1=CC=C(C)C=CC1)\C(=C\c1nc2cc3c(cc2[nH]1)CNC3)OCC(=O)N(C)C.[K+]. The van der Waals surface area contributed by atoms with Gasteiger partial charge in [0.05, 0.1) is 16.7 Å². The Morgan fingerprint density at radius 3 is 2.76 bits per heavy atom. The molecule has 2 aromatic rings. The summed E-state index contributed by atoms with van der Waals surface area (Å²) < 4.78 is 6.00. The number of imidazole rings is 1. The summed E-state index contributed by atoms with van der Waals surface area (Å²) in [5.41, 5.74) is 11.1. The maximum absolute atomic E-state index is 12.3. The molecule has 1 amide bonds. The van der Waals surface area contributed by atoms with E-state index in [-0.39, 0.29) is 63.9 Å². The van der Waals surface area contributed by atoms with E-state index in [1.165, 1.54) is 16.0 Å². The van der Waals surface area contributed by atoms with E-state index in [0.717, 1.165) is 35.3 Å². The van der Waals surface area contributed by atoms with E-state index < -0.39 is 0 Å². The predicted octanol–water partition coefficient (Wildman–Crippen LogP) is 0.808. The monoisotopic (exact) mass is 484 g/mol. The van der Waals surface area contributed by atoms with Gasteiger partial charge in [0.2, 0.25) is 0 Å². The van der Waals surface area contributed by atoms with Gasteiger partial charge in [-0.05, 0) is 42.2 Å². The number of likely N-dealkylation sites (N-methyl/N-ethyl adjacent to an activating group) is 1. The fourth-order valence-electron chi connectivity index (χ4n) is 3.74. The van der Waals surface area contributed by atoms with Crippen LogP contribution in [0.15, 0.2) is 58.4 Å². The van der Waals surface area contributed by atoms with Crippen molar-refractivity contribution < 1.29 is 60.9 Å². The van der Waals surface area contributed by atoms with Gasteiger partial charge < -0.3 is 30.5 Å². The minimum atomic E-state index is -0.146. The van der Waals surface area contributed by atoms with Gasteiger partial charge in [-0.3, -0.25) is 4.79 Å². The first kappa shape index (κ1) is 26.6. The number of allylic oxidation sites excluding steroid dienone is 6.